The van der Waals surface area contributed by atoms with Crippen LogP contribution in [0.4, 0.5) is 0 Å². The van der Waals surface area contributed by atoms with Crippen molar-refractivity contribution in [3.8, 4) is 0 Å². The van der Waals surface area contributed by atoms with Crippen LogP contribution < -0.4 is 5.32 Å². The molecule has 0 amide bonds. The zero-order valence-corrected chi connectivity index (χ0v) is 8.85. The van der Waals surface area contributed by atoms with Gasteiger partial charge in [-0.3, -0.25) is 0 Å². The second-order valence-electron chi connectivity index (χ2n) is 3.46. The smallest absolute Gasteiger partial charge is 0.129 e. The topological polar surface area (TPSA) is 45.4 Å². The van der Waals surface area contributed by atoms with Crippen LogP contribution in [-0.4, -0.2) is 11.7 Å². The Bertz CT molecular complexity index is 269. The average molecular weight is 218 g/mol. The number of rotatable bonds is 2. The van der Waals surface area contributed by atoms with Gasteiger partial charge in [-0.25, -0.2) is 0 Å². The van der Waals surface area contributed by atoms with E-state index in [1.54, 1.807) is 0 Å². The molecule has 1 aromatic rings. The fraction of sp³-hybridized carbons (Fsp3) is 0.600. The zero-order chi connectivity index (χ0) is 9.10. The molecule has 1 aliphatic rings. The van der Waals surface area contributed by atoms with E-state index in [0.717, 1.165) is 18.7 Å². The summed E-state index contributed by atoms with van der Waals surface area (Å²) in [5.41, 5.74) is 0. The van der Waals surface area contributed by atoms with Gasteiger partial charge >= 0.3 is 0 Å². The Hall–Kier alpha value is -0.510. The predicted molar refractivity (Wildman–Crippen MR) is 56.5 cm³/mol. The maximum absolute atomic E-state index is 8.84. The summed E-state index contributed by atoms with van der Waals surface area (Å²) in [4.78, 5) is 0. The molecule has 1 fully saturated rings. The average Bonchev–Trinajstić information content (AvgIpc) is 2.67. The molecule has 2 heterocycles. The highest BCUT2D eigenvalue weighted by Crippen LogP contribution is 2.24. The van der Waals surface area contributed by atoms with E-state index in [4.69, 9.17) is 9.52 Å². The summed E-state index contributed by atoms with van der Waals surface area (Å²) >= 11 is 0. The van der Waals surface area contributed by atoms with Crippen LogP contribution in [0.2, 0.25) is 0 Å². The lowest BCUT2D eigenvalue weighted by Crippen LogP contribution is -2.26. The number of nitrogens with one attached hydrogen (secondary N) is 1. The fourth-order valence-corrected chi connectivity index (χ4v) is 1.76. The van der Waals surface area contributed by atoms with Crippen molar-refractivity contribution in [2.24, 2.45) is 0 Å². The lowest BCUT2D eigenvalue weighted by atomic mass is 10.0. The summed E-state index contributed by atoms with van der Waals surface area (Å²) in [6.07, 6.45) is 3.65. The number of aliphatic hydroxyl groups excluding tert-OH is 1. The Morgan fingerprint density at radius 1 is 1.43 bits per heavy atom. The van der Waals surface area contributed by atoms with Crippen molar-refractivity contribution in [3.63, 3.8) is 0 Å². The third kappa shape index (κ3) is 2.50. The maximum atomic E-state index is 8.84. The first-order valence-corrected chi connectivity index (χ1v) is 4.83. The van der Waals surface area contributed by atoms with E-state index in [9.17, 15) is 0 Å². The lowest BCUT2D eigenvalue weighted by molar-refractivity contribution is 0.236. The van der Waals surface area contributed by atoms with Gasteiger partial charge in [-0.05, 0) is 31.5 Å². The van der Waals surface area contributed by atoms with Crippen LogP contribution in [-0.2, 0) is 6.61 Å². The van der Waals surface area contributed by atoms with Crippen LogP contribution in [0.5, 0.6) is 0 Å². The molecule has 0 aromatic carbocycles. The van der Waals surface area contributed by atoms with Crippen LogP contribution in [0, 0.1) is 0 Å². The van der Waals surface area contributed by atoms with Crippen molar-refractivity contribution < 1.29 is 9.52 Å². The molecule has 3 nitrogen and oxygen atoms in total. The fourth-order valence-electron chi connectivity index (χ4n) is 1.76. The molecule has 2 rings (SSSR count). The highest BCUT2D eigenvalue weighted by molar-refractivity contribution is 5.85. The number of aliphatic hydroxyl groups is 1. The minimum Gasteiger partial charge on any atom is -0.462 e. The van der Waals surface area contributed by atoms with Crippen LogP contribution in [0.25, 0.3) is 0 Å². The van der Waals surface area contributed by atoms with Gasteiger partial charge < -0.3 is 14.8 Å². The summed E-state index contributed by atoms with van der Waals surface area (Å²) in [7, 11) is 0. The third-order valence-corrected chi connectivity index (χ3v) is 2.49. The van der Waals surface area contributed by atoms with E-state index in [2.05, 4.69) is 5.32 Å². The van der Waals surface area contributed by atoms with E-state index in [1.165, 1.54) is 12.8 Å². The van der Waals surface area contributed by atoms with Crippen molar-refractivity contribution in [1.82, 2.24) is 5.32 Å². The summed E-state index contributed by atoms with van der Waals surface area (Å²) in [5.74, 6) is 1.62. The second-order valence-corrected chi connectivity index (χ2v) is 3.46. The molecule has 0 bridgehead atoms. The molecule has 0 saturated carbocycles. The second kappa shape index (κ2) is 5.39. The van der Waals surface area contributed by atoms with E-state index < -0.39 is 0 Å². The van der Waals surface area contributed by atoms with E-state index in [1.807, 2.05) is 12.1 Å². The minimum atomic E-state index is -0.00722. The molecule has 80 valence electrons. The van der Waals surface area contributed by atoms with Crippen molar-refractivity contribution in [3.05, 3.63) is 23.7 Å². The first kappa shape index (κ1) is 11.6. The van der Waals surface area contributed by atoms with Crippen molar-refractivity contribution in [2.75, 3.05) is 6.54 Å². The summed E-state index contributed by atoms with van der Waals surface area (Å²) in [6.45, 7) is 1.06. The first-order chi connectivity index (χ1) is 6.40. The normalized spacial score (nSPS) is 21.6. The molecule has 1 atom stereocenters. The van der Waals surface area contributed by atoms with Crippen LogP contribution in [0.3, 0.4) is 0 Å². The van der Waals surface area contributed by atoms with Crippen molar-refractivity contribution >= 4 is 12.4 Å². The zero-order valence-electron chi connectivity index (χ0n) is 8.03. The molecule has 0 aliphatic carbocycles. The Morgan fingerprint density at radius 3 is 2.86 bits per heavy atom. The van der Waals surface area contributed by atoms with Gasteiger partial charge in [0.15, 0.2) is 0 Å². The minimum absolute atomic E-state index is 0. The van der Waals surface area contributed by atoms with Crippen LogP contribution in [0.1, 0.15) is 36.8 Å². The van der Waals surface area contributed by atoms with Gasteiger partial charge in [0.05, 0.1) is 6.04 Å². The molecule has 0 spiro atoms. The van der Waals surface area contributed by atoms with Crippen molar-refractivity contribution in [2.45, 2.75) is 31.9 Å². The molecule has 1 aliphatic heterocycles. The molecule has 1 aromatic heterocycles. The number of furan rings is 1. The van der Waals surface area contributed by atoms with Crippen molar-refractivity contribution in [1.29, 1.82) is 0 Å². The maximum Gasteiger partial charge on any atom is 0.129 e. The Kier molecular flexibility index (Phi) is 4.45. The monoisotopic (exact) mass is 217 g/mol. The van der Waals surface area contributed by atoms with Crippen LogP contribution >= 0.6 is 12.4 Å². The molecular formula is C10H16ClNO2. The number of hydrogen-bond donors (Lipinski definition) is 2. The Balaban J connectivity index is 0.000000980. The quantitative estimate of drug-likeness (QED) is 0.797. The van der Waals surface area contributed by atoms with Crippen LogP contribution in [0.15, 0.2) is 16.5 Å². The van der Waals surface area contributed by atoms with Gasteiger partial charge in [-0.2, -0.15) is 0 Å². The van der Waals surface area contributed by atoms with E-state index in [0.29, 0.717) is 11.8 Å². The Morgan fingerprint density at radius 2 is 2.29 bits per heavy atom. The van der Waals surface area contributed by atoms with Gasteiger partial charge in [0, 0.05) is 0 Å². The number of halogens is 1. The highest BCUT2D eigenvalue weighted by Gasteiger charge is 2.17. The molecule has 2 N–H and O–H groups in total. The van der Waals surface area contributed by atoms with E-state index in [-0.39, 0.29) is 19.0 Å². The SMILES string of the molecule is Cl.OCc1ccc([C@H]2CCCCN2)o1. The standard InChI is InChI=1S/C10H15NO2.ClH/c12-7-8-4-5-10(13-8)9-3-1-2-6-11-9;/h4-5,9,11-12H,1-3,6-7H2;1H/t9-;/m1./s1. The van der Waals surface area contributed by atoms with Gasteiger partial charge in [0.1, 0.15) is 18.1 Å². The summed E-state index contributed by atoms with van der Waals surface area (Å²) in [5, 5.41) is 12.2. The number of piperidine rings is 1. The van der Waals surface area contributed by atoms with Gasteiger partial charge in [0.25, 0.3) is 0 Å². The lowest BCUT2D eigenvalue weighted by Gasteiger charge is -2.21. The molecule has 0 unspecified atom stereocenters. The molecule has 14 heavy (non-hydrogen) atoms. The molecule has 1 saturated heterocycles. The highest BCUT2D eigenvalue weighted by atomic mass is 35.5. The largest absolute Gasteiger partial charge is 0.462 e. The van der Waals surface area contributed by atoms with Gasteiger partial charge in [0.2, 0.25) is 0 Å². The van der Waals surface area contributed by atoms with Gasteiger partial charge in [-0.1, -0.05) is 6.42 Å². The Labute approximate surface area is 89.9 Å². The number of hydrogen-bond acceptors (Lipinski definition) is 3. The summed E-state index contributed by atoms with van der Waals surface area (Å²) < 4.78 is 5.46. The third-order valence-electron chi connectivity index (χ3n) is 2.49. The summed E-state index contributed by atoms with van der Waals surface area (Å²) in [6, 6.07) is 4.15. The predicted octanol–water partition coefficient (Wildman–Crippen LogP) is 2.01. The molecular weight excluding hydrogens is 202 g/mol. The molecule has 4 heteroatoms. The molecule has 0 radical (unpaired) electrons. The first-order valence-electron chi connectivity index (χ1n) is 4.83. The van der Waals surface area contributed by atoms with Gasteiger partial charge in [-0.15, -0.1) is 12.4 Å². The van der Waals surface area contributed by atoms with E-state index >= 15 is 0 Å².